The molecule has 1 aromatic heterocycles. The fourth-order valence-electron chi connectivity index (χ4n) is 5.43. The number of anilines is 1. The summed E-state index contributed by atoms with van der Waals surface area (Å²) >= 11 is 6.86. The van der Waals surface area contributed by atoms with E-state index < -0.39 is 0 Å². The molecule has 1 aromatic carbocycles. The van der Waals surface area contributed by atoms with Gasteiger partial charge in [-0.05, 0) is 60.9 Å². The number of rotatable bonds is 7. The second-order valence-corrected chi connectivity index (χ2v) is 11.9. The van der Waals surface area contributed by atoms with Crippen LogP contribution >= 0.6 is 24.0 Å². The molecule has 200 valence electrons. The van der Waals surface area contributed by atoms with Crippen molar-refractivity contribution in [2.24, 2.45) is 11.8 Å². The molecule has 3 heterocycles. The first-order chi connectivity index (χ1) is 18.2. The third kappa shape index (κ3) is 5.52. The molecule has 2 unspecified atom stereocenters. The van der Waals surface area contributed by atoms with Crippen molar-refractivity contribution in [3.05, 3.63) is 61.8 Å². The molecule has 2 atom stereocenters. The number of hydrogen-bond donors (Lipinski definition) is 0. The molecule has 2 aliphatic rings. The summed E-state index contributed by atoms with van der Waals surface area (Å²) in [6.45, 7) is 10.8. The minimum Gasteiger partial charge on any atom is -0.497 e. The highest BCUT2D eigenvalue weighted by molar-refractivity contribution is 8.26. The van der Waals surface area contributed by atoms with Crippen LogP contribution in [0.15, 0.2) is 34.0 Å². The number of benzene rings is 1. The normalized spacial score (nSPS) is 20.8. The van der Waals surface area contributed by atoms with Crippen LogP contribution in [0, 0.1) is 30.1 Å². The van der Waals surface area contributed by atoms with Crippen molar-refractivity contribution in [1.29, 1.82) is 5.26 Å². The van der Waals surface area contributed by atoms with Crippen molar-refractivity contribution in [1.82, 2.24) is 9.47 Å². The Balaban J connectivity index is 1.80. The van der Waals surface area contributed by atoms with E-state index in [4.69, 9.17) is 17.0 Å². The smallest absolute Gasteiger partial charge is 0.270 e. The Bertz CT molecular complexity index is 1360. The molecule has 0 saturated carbocycles. The third-order valence-corrected chi connectivity index (χ3v) is 8.49. The fraction of sp³-hybridized carbons (Fsp3) is 0.448. The van der Waals surface area contributed by atoms with Gasteiger partial charge in [0.2, 0.25) is 0 Å². The number of ether oxygens (including phenoxy) is 1. The number of nitriles is 1. The summed E-state index contributed by atoms with van der Waals surface area (Å²) in [7, 11) is 1.62. The number of thiocarbonyl (C=S) groups is 1. The molecule has 0 radical (unpaired) electrons. The monoisotopic (exact) mass is 550 g/mol. The quantitative estimate of drug-likeness (QED) is 0.341. The number of carbonyl (C=O) groups excluding carboxylic acids is 1. The Morgan fingerprint density at radius 3 is 2.42 bits per heavy atom. The molecule has 2 saturated heterocycles. The number of hydrogen-bond acceptors (Lipinski definition) is 7. The Morgan fingerprint density at radius 2 is 1.84 bits per heavy atom. The third-order valence-electron chi connectivity index (χ3n) is 7.11. The van der Waals surface area contributed by atoms with Crippen LogP contribution in [0.25, 0.3) is 6.08 Å². The number of piperidine rings is 1. The lowest BCUT2D eigenvalue weighted by atomic mass is 9.91. The van der Waals surface area contributed by atoms with E-state index in [-0.39, 0.29) is 17.0 Å². The van der Waals surface area contributed by atoms with Crippen molar-refractivity contribution in [3.8, 4) is 11.8 Å². The van der Waals surface area contributed by atoms with Crippen LogP contribution in [0.5, 0.6) is 5.75 Å². The SMILES string of the molecule is CCCn1c(N2CC(C)CC(C)C2)c(C=C2SC(=S)N(Cc3ccc(OC)cc3)C2=O)c(C)c(C#N)c1=O. The lowest BCUT2D eigenvalue weighted by molar-refractivity contribution is -0.122. The maximum Gasteiger partial charge on any atom is 0.270 e. The first-order valence-corrected chi connectivity index (χ1v) is 14.2. The summed E-state index contributed by atoms with van der Waals surface area (Å²) in [6.07, 6.45) is 3.72. The standard InChI is InChI=1S/C29H34N4O3S2/c1-6-11-32-26(31-15-18(2)12-19(3)16-31)23(20(4)24(14-30)27(32)34)13-25-28(35)33(29(37)38-25)17-21-7-9-22(36-5)10-8-21/h7-10,13,18-19H,6,11-12,15-17H2,1-5H3. The van der Waals surface area contributed by atoms with Gasteiger partial charge in [0, 0.05) is 25.2 Å². The minimum atomic E-state index is -0.267. The topological polar surface area (TPSA) is 78.6 Å². The van der Waals surface area contributed by atoms with Crippen LogP contribution in [0.3, 0.4) is 0 Å². The predicted molar refractivity (Wildman–Crippen MR) is 157 cm³/mol. The van der Waals surface area contributed by atoms with Gasteiger partial charge in [0.25, 0.3) is 11.5 Å². The summed E-state index contributed by atoms with van der Waals surface area (Å²) in [5, 5.41) is 9.89. The van der Waals surface area contributed by atoms with Crippen LogP contribution in [0.1, 0.15) is 55.9 Å². The Hall–Kier alpha value is -3.09. The summed E-state index contributed by atoms with van der Waals surface area (Å²) in [6, 6.07) is 9.69. The maximum absolute atomic E-state index is 13.6. The molecule has 2 aliphatic heterocycles. The van der Waals surface area contributed by atoms with Crippen LogP contribution in [-0.2, 0) is 17.9 Å². The van der Waals surface area contributed by atoms with E-state index in [0.717, 1.165) is 48.6 Å². The molecule has 2 fully saturated rings. The van der Waals surface area contributed by atoms with Crippen LogP contribution in [0.2, 0.25) is 0 Å². The van der Waals surface area contributed by atoms with Gasteiger partial charge in [-0.1, -0.05) is 56.9 Å². The van der Waals surface area contributed by atoms with Gasteiger partial charge in [0.15, 0.2) is 0 Å². The van der Waals surface area contributed by atoms with Crippen molar-refractivity contribution < 1.29 is 9.53 Å². The second kappa shape index (κ2) is 11.7. The molecular weight excluding hydrogens is 516 g/mol. The van der Waals surface area contributed by atoms with Crippen molar-refractivity contribution in [2.75, 3.05) is 25.1 Å². The zero-order chi connectivity index (χ0) is 27.6. The summed E-state index contributed by atoms with van der Waals surface area (Å²) in [5.74, 6) is 2.31. The highest BCUT2D eigenvalue weighted by Crippen LogP contribution is 2.38. The highest BCUT2D eigenvalue weighted by atomic mass is 32.2. The van der Waals surface area contributed by atoms with Crippen LogP contribution in [-0.4, -0.2) is 39.9 Å². The Labute approximate surface area is 234 Å². The van der Waals surface area contributed by atoms with E-state index in [1.165, 1.54) is 11.8 Å². The number of thioether (sulfide) groups is 1. The van der Waals surface area contributed by atoms with E-state index in [2.05, 4.69) is 24.8 Å². The minimum absolute atomic E-state index is 0.125. The number of amides is 1. The van der Waals surface area contributed by atoms with Gasteiger partial charge in [-0.3, -0.25) is 19.1 Å². The lowest BCUT2D eigenvalue weighted by Crippen LogP contribution is -2.43. The van der Waals surface area contributed by atoms with E-state index in [1.54, 1.807) is 23.5 Å². The van der Waals surface area contributed by atoms with Crippen LogP contribution < -0.4 is 15.2 Å². The van der Waals surface area contributed by atoms with E-state index >= 15 is 0 Å². The second-order valence-electron chi connectivity index (χ2n) is 10.3. The van der Waals surface area contributed by atoms with Gasteiger partial charge < -0.3 is 9.64 Å². The van der Waals surface area contributed by atoms with Crippen molar-refractivity contribution in [3.63, 3.8) is 0 Å². The average molecular weight is 551 g/mol. The molecule has 4 rings (SSSR count). The zero-order valence-electron chi connectivity index (χ0n) is 22.6. The Kier molecular flexibility index (Phi) is 8.64. The summed E-state index contributed by atoms with van der Waals surface area (Å²) < 4.78 is 7.46. The summed E-state index contributed by atoms with van der Waals surface area (Å²) in [4.78, 5) is 31.4. The maximum atomic E-state index is 13.6. The molecule has 7 nitrogen and oxygen atoms in total. The molecule has 0 N–H and O–H groups in total. The van der Waals surface area contributed by atoms with Crippen molar-refractivity contribution in [2.45, 2.75) is 53.6 Å². The molecule has 38 heavy (non-hydrogen) atoms. The number of nitrogens with zero attached hydrogens (tertiary/aromatic N) is 4. The molecule has 2 aromatic rings. The van der Waals surface area contributed by atoms with E-state index in [0.29, 0.717) is 39.7 Å². The Morgan fingerprint density at radius 1 is 1.18 bits per heavy atom. The average Bonchev–Trinajstić information content (AvgIpc) is 3.14. The predicted octanol–water partition coefficient (Wildman–Crippen LogP) is 5.33. The molecule has 0 spiro atoms. The van der Waals surface area contributed by atoms with Gasteiger partial charge >= 0.3 is 0 Å². The van der Waals surface area contributed by atoms with E-state index in [1.807, 2.05) is 37.3 Å². The number of pyridine rings is 1. The molecular formula is C29H34N4O3S2. The zero-order valence-corrected chi connectivity index (χ0v) is 24.2. The van der Waals surface area contributed by atoms with Crippen LogP contribution in [0.4, 0.5) is 5.82 Å². The number of methoxy groups -OCH3 is 1. The number of carbonyl (C=O) groups is 1. The largest absolute Gasteiger partial charge is 0.497 e. The number of aromatic nitrogens is 1. The molecule has 0 bridgehead atoms. The first-order valence-electron chi connectivity index (χ1n) is 13.0. The van der Waals surface area contributed by atoms with Gasteiger partial charge in [-0.15, -0.1) is 0 Å². The first kappa shape index (κ1) is 27.9. The lowest BCUT2D eigenvalue weighted by Gasteiger charge is -2.39. The highest BCUT2D eigenvalue weighted by Gasteiger charge is 2.34. The molecule has 1 amide bonds. The molecule has 9 heteroatoms. The van der Waals surface area contributed by atoms with Crippen molar-refractivity contribution >= 4 is 46.1 Å². The van der Waals surface area contributed by atoms with Gasteiger partial charge in [0.1, 0.15) is 27.5 Å². The van der Waals surface area contributed by atoms with Gasteiger partial charge in [0.05, 0.1) is 18.6 Å². The molecule has 0 aliphatic carbocycles. The van der Waals surface area contributed by atoms with Gasteiger partial charge in [-0.2, -0.15) is 5.26 Å². The van der Waals surface area contributed by atoms with Gasteiger partial charge in [-0.25, -0.2) is 0 Å². The summed E-state index contributed by atoms with van der Waals surface area (Å²) in [5.41, 5.74) is 2.16. The van der Waals surface area contributed by atoms with E-state index in [9.17, 15) is 14.9 Å². The fourth-order valence-corrected chi connectivity index (χ4v) is 6.67.